The molecule has 0 spiro atoms. The zero-order valence-corrected chi connectivity index (χ0v) is 20.3. The maximum Gasteiger partial charge on any atom is 0.257 e. The highest BCUT2D eigenvalue weighted by molar-refractivity contribution is 7.98. The van der Waals surface area contributed by atoms with Crippen molar-refractivity contribution < 1.29 is 22.3 Å². The number of ether oxygens (including phenoxy) is 2. The normalized spacial score (nSPS) is 11.9. The lowest BCUT2D eigenvalue weighted by Gasteiger charge is -2.10. The Morgan fingerprint density at radius 1 is 1.12 bits per heavy atom. The minimum atomic E-state index is -3.53. The van der Waals surface area contributed by atoms with E-state index < -0.39 is 10.0 Å². The van der Waals surface area contributed by atoms with E-state index in [9.17, 15) is 8.42 Å². The van der Waals surface area contributed by atoms with Crippen molar-refractivity contribution in [1.29, 1.82) is 0 Å². The minimum Gasteiger partial charge on any atom is -0.493 e. The fourth-order valence-electron chi connectivity index (χ4n) is 3.01. The van der Waals surface area contributed by atoms with Gasteiger partial charge in [-0.3, -0.25) is 0 Å². The van der Waals surface area contributed by atoms with Gasteiger partial charge < -0.3 is 13.9 Å². The number of sulfonamides is 1. The maximum absolute atomic E-state index is 12.3. The zero-order chi connectivity index (χ0) is 22.9. The van der Waals surface area contributed by atoms with Crippen LogP contribution in [0.2, 0.25) is 0 Å². The van der Waals surface area contributed by atoms with Gasteiger partial charge in [0, 0.05) is 25.2 Å². The van der Waals surface area contributed by atoms with Crippen LogP contribution in [-0.2, 0) is 15.8 Å². The average Bonchev–Trinajstić information content (AvgIpc) is 3.42. The number of para-hydroxylation sites is 1. The highest BCUT2D eigenvalue weighted by Crippen LogP contribution is 2.39. The number of fused-ring (bicyclic) bond motifs is 1. The lowest BCUT2D eigenvalue weighted by atomic mass is 10.2. The highest BCUT2D eigenvalue weighted by atomic mass is 32.2. The van der Waals surface area contributed by atoms with Gasteiger partial charge in [-0.15, -0.1) is 11.3 Å². The number of aromatic nitrogens is 2. The first kappa shape index (κ1) is 22.6. The summed E-state index contributed by atoms with van der Waals surface area (Å²) >= 11 is 2.91. The van der Waals surface area contributed by atoms with Crippen LogP contribution in [0.1, 0.15) is 5.69 Å². The van der Waals surface area contributed by atoms with E-state index in [4.69, 9.17) is 18.9 Å². The van der Waals surface area contributed by atoms with E-state index in [0.717, 1.165) is 16.3 Å². The third-order valence-electron chi connectivity index (χ3n) is 4.65. The molecule has 0 radical (unpaired) electrons. The predicted octanol–water partition coefficient (Wildman–Crippen LogP) is 4.51. The molecule has 0 amide bonds. The molecule has 4 aromatic rings. The number of methoxy groups -OCH3 is 2. The van der Waals surface area contributed by atoms with Crippen molar-refractivity contribution in [2.75, 3.05) is 28.3 Å². The van der Waals surface area contributed by atoms with Gasteiger partial charge in [0.15, 0.2) is 17.1 Å². The molecule has 0 bridgehead atoms. The van der Waals surface area contributed by atoms with E-state index >= 15 is 0 Å². The lowest BCUT2D eigenvalue weighted by Crippen LogP contribution is -2.22. The average molecular weight is 492 g/mol. The monoisotopic (exact) mass is 491 g/mol. The van der Waals surface area contributed by atoms with Crippen molar-refractivity contribution in [3.63, 3.8) is 0 Å². The Morgan fingerprint density at radius 3 is 2.66 bits per heavy atom. The number of thioether (sulfide) groups is 1. The second kappa shape index (κ2) is 9.10. The van der Waals surface area contributed by atoms with E-state index in [1.54, 1.807) is 20.3 Å². The fourth-order valence-corrected chi connectivity index (χ4v) is 5.61. The van der Waals surface area contributed by atoms with E-state index in [-0.39, 0.29) is 4.90 Å². The Balaban J connectivity index is 1.52. The molecule has 0 saturated carbocycles. The van der Waals surface area contributed by atoms with Crippen molar-refractivity contribution in [2.45, 2.75) is 15.9 Å². The lowest BCUT2D eigenvalue weighted by molar-refractivity contribution is 0.356. The quantitative estimate of drug-likeness (QED) is 0.332. The summed E-state index contributed by atoms with van der Waals surface area (Å²) < 4.78 is 42.5. The van der Waals surface area contributed by atoms with Crippen LogP contribution in [0.5, 0.6) is 11.5 Å². The fraction of sp³-hybridized carbons (Fsp3) is 0.238. The third kappa shape index (κ3) is 4.33. The van der Waals surface area contributed by atoms with Crippen LogP contribution in [0.25, 0.3) is 21.7 Å². The molecule has 4 rings (SSSR count). The van der Waals surface area contributed by atoms with Crippen molar-refractivity contribution in [3.05, 3.63) is 47.5 Å². The van der Waals surface area contributed by atoms with Gasteiger partial charge in [-0.25, -0.2) is 22.7 Å². The molecular weight excluding hydrogens is 470 g/mol. The van der Waals surface area contributed by atoms with Crippen LogP contribution >= 0.6 is 23.1 Å². The summed E-state index contributed by atoms with van der Waals surface area (Å²) in [6.45, 7) is 0. The van der Waals surface area contributed by atoms with Gasteiger partial charge in [0.25, 0.3) is 5.22 Å². The Labute approximate surface area is 194 Å². The van der Waals surface area contributed by atoms with Gasteiger partial charge in [-0.1, -0.05) is 17.8 Å². The van der Waals surface area contributed by atoms with Crippen molar-refractivity contribution in [2.24, 2.45) is 0 Å². The highest BCUT2D eigenvalue weighted by Gasteiger charge is 2.19. The molecule has 8 nitrogen and oxygen atoms in total. The Hall–Kier alpha value is -2.60. The van der Waals surface area contributed by atoms with Gasteiger partial charge in [0.05, 0.1) is 30.4 Å². The van der Waals surface area contributed by atoms with Gasteiger partial charge >= 0.3 is 0 Å². The molecule has 0 aliphatic heterocycles. The van der Waals surface area contributed by atoms with Crippen LogP contribution in [-0.4, -0.2) is 51.0 Å². The largest absolute Gasteiger partial charge is 0.493 e. The summed E-state index contributed by atoms with van der Waals surface area (Å²) in [6.07, 6.45) is 0. The van der Waals surface area contributed by atoms with Gasteiger partial charge in [0.2, 0.25) is 10.0 Å². The van der Waals surface area contributed by atoms with Gasteiger partial charge in [-0.2, -0.15) is 0 Å². The molecule has 2 aromatic carbocycles. The molecule has 0 fully saturated rings. The second-order valence-electron chi connectivity index (χ2n) is 6.87. The minimum absolute atomic E-state index is 0.177. The maximum atomic E-state index is 12.3. The standard InChI is InChI=1S/C21H21N3O5S3/c1-24(2)32(25,26)14-8-9-17-16(10-14)23-21(29-17)31-12-13-11-30-20(22-13)15-6-5-7-18(27-3)19(15)28-4/h5-11H,12H2,1-4H3. The molecule has 0 unspecified atom stereocenters. The number of oxazole rings is 1. The van der Waals surface area contributed by atoms with Crippen molar-refractivity contribution in [1.82, 2.24) is 14.3 Å². The Morgan fingerprint density at radius 2 is 1.94 bits per heavy atom. The number of benzene rings is 2. The second-order valence-corrected chi connectivity index (χ2v) is 10.8. The first-order valence-electron chi connectivity index (χ1n) is 9.45. The molecule has 32 heavy (non-hydrogen) atoms. The van der Waals surface area contributed by atoms with Crippen LogP contribution in [0.15, 0.2) is 56.3 Å². The summed E-state index contributed by atoms with van der Waals surface area (Å²) in [7, 11) is 2.66. The van der Waals surface area contributed by atoms with E-state index in [1.807, 2.05) is 23.6 Å². The summed E-state index contributed by atoms with van der Waals surface area (Å²) in [5.74, 6) is 1.85. The molecule has 0 aliphatic rings. The number of rotatable bonds is 8. The smallest absolute Gasteiger partial charge is 0.257 e. The van der Waals surface area contributed by atoms with E-state index in [2.05, 4.69) is 4.98 Å². The van der Waals surface area contributed by atoms with Crippen LogP contribution in [0.3, 0.4) is 0 Å². The molecule has 2 heterocycles. The molecular formula is C21H21N3O5S3. The van der Waals surface area contributed by atoms with E-state index in [1.165, 1.54) is 53.6 Å². The zero-order valence-electron chi connectivity index (χ0n) is 17.9. The first-order valence-corrected chi connectivity index (χ1v) is 12.8. The molecule has 168 valence electrons. The summed E-state index contributed by atoms with van der Waals surface area (Å²) in [5.41, 5.74) is 2.77. The summed E-state index contributed by atoms with van der Waals surface area (Å²) in [5, 5.41) is 3.26. The van der Waals surface area contributed by atoms with Crippen LogP contribution in [0, 0.1) is 0 Å². The summed E-state index contributed by atoms with van der Waals surface area (Å²) in [6, 6.07) is 10.3. The van der Waals surface area contributed by atoms with Crippen LogP contribution < -0.4 is 9.47 Å². The van der Waals surface area contributed by atoms with Gasteiger partial charge in [0.1, 0.15) is 10.5 Å². The Bertz CT molecular complexity index is 1360. The molecule has 0 aliphatic carbocycles. The molecule has 11 heteroatoms. The first-order chi connectivity index (χ1) is 15.3. The van der Waals surface area contributed by atoms with Crippen molar-refractivity contribution in [3.8, 4) is 22.1 Å². The summed E-state index contributed by atoms with van der Waals surface area (Å²) in [4.78, 5) is 9.31. The number of thiazole rings is 1. The Kier molecular flexibility index (Phi) is 6.42. The number of hydrogen-bond acceptors (Lipinski definition) is 9. The topological polar surface area (TPSA) is 94.8 Å². The molecule has 2 aromatic heterocycles. The van der Waals surface area contributed by atoms with E-state index in [0.29, 0.717) is 33.6 Å². The number of hydrogen-bond donors (Lipinski definition) is 0. The molecule has 0 N–H and O–H groups in total. The number of nitrogens with zero attached hydrogens (tertiary/aromatic N) is 3. The van der Waals surface area contributed by atoms with Crippen LogP contribution in [0.4, 0.5) is 0 Å². The van der Waals surface area contributed by atoms with Gasteiger partial charge in [-0.05, 0) is 30.3 Å². The predicted molar refractivity (Wildman–Crippen MR) is 125 cm³/mol. The molecule has 0 atom stereocenters. The SMILES string of the molecule is COc1cccc(-c2nc(CSc3nc4cc(S(=O)(=O)N(C)C)ccc4o3)cs2)c1OC. The third-order valence-corrected chi connectivity index (χ3v) is 8.24. The van der Waals surface area contributed by atoms with Crippen molar-refractivity contribution >= 4 is 44.2 Å². The molecule has 0 saturated heterocycles.